The number of rotatable bonds is 4. The van der Waals surface area contributed by atoms with Gasteiger partial charge in [0, 0.05) is 17.2 Å². The van der Waals surface area contributed by atoms with Crippen LogP contribution in [0, 0.1) is 0 Å². The van der Waals surface area contributed by atoms with Crippen molar-refractivity contribution in [3.05, 3.63) is 89.5 Å². The maximum absolute atomic E-state index is 12.4. The van der Waals surface area contributed by atoms with E-state index in [0.717, 1.165) is 5.56 Å². The van der Waals surface area contributed by atoms with Crippen molar-refractivity contribution in [1.82, 2.24) is 0 Å². The molecular weight excluding hydrogens is 290 g/mol. The van der Waals surface area contributed by atoms with Gasteiger partial charge in [0.15, 0.2) is 0 Å². The number of hydrogen-bond acceptors (Lipinski definition) is 2. The molecule has 3 rings (SSSR count). The molecule has 0 saturated heterocycles. The summed E-state index contributed by atoms with van der Waals surface area (Å²) in [6.45, 7) is 0. The predicted octanol–water partition coefficient (Wildman–Crippen LogP) is 3.85. The van der Waals surface area contributed by atoms with Crippen molar-refractivity contribution in [2.24, 2.45) is 0 Å². The van der Waals surface area contributed by atoms with Gasteiger partial charge >= 0.3 is 5.97 Å². The van der Waals surface area contributed by atoms with E-state index in [4.69, 9.17) is 5.11 Å². The first-order valence-electron chi connectivity index (χ1n) is 7.23. The van der Waals surface area contributed by atoms with Crippen molar-refractivity contribution in [2.75, 3.05) is 5.32 Å². The van der Waals surface area contributed by atoms with Crippen LogP contribution >= 0.6 is 0 Å². The summed E-state index contributed by atoms with van der Waals surface area (Å²) < 4.78 is 0. The second kappa shape index (κ2) is 6.32. The van der Waals surface area contributed by atoms with Crippen LogP contribution in [0.15, 0.2) is 72.8 Å². The largest absolute Gasteiger partial charge is 0.478 e. The number of hydrogen-bond donors (Lipinski definition) is 2. The monoisotopic (exact) mass is 305 g/mol. The first-order valence-corrected chi connectivity index (χ1v) is 7.23. The summed E-state index contributed by atoms with van der Waals surface area (Å²) in [5.41, 5.74) is 2.18. The van der Waals surface area contributed by atoms with Crippen LogP contribution in [-0.4, -0.2) is 17.0 Å². The van der Waals surface area contributed by atoms with Gasteiger partial charge in [-0.3, -0.25) is 4.79 Å². The van der Waals surface area contributed by atoms with E-state index < -0.39 is 5.97 Å². The zero-order valence-corrected chi connectivity index (χ0v) is 12.3. The maximum Gasteiger partial charge on any atom is 0.335 e. The van der Waals surface area contributed by atoms with Crippen LogP contribution in [0.1, 0.15) is 32.2 Å². The highest BCUT2D eigenvalue weighted by atomic mass is 16.4. The molecule has 1 aliphatic carbocycles. The van der Waals surface area contributed by atoms with Gasteiger partial charge in [-0.05, 0) is 35.9 Å². The Bertz CT molecular complexity index is 809. The third kappa shape index (κ3) is 3.37. The first kappa shape index (κ1) is 14.8. The molecule has 0 radical (unpaired) electrons. The van der Waals surface area contributed by atoms with E-state index in [1.54, 1.807) is 18.2 Å². The van der Waals surface area contributed by atoms with Crippen molar-refractivity contribution in [3.8, 4) is 0 Å². The molecule has 1 aliphatic rings. The molecule has 0 unspecified atom stereocenters. The molecule has 0 aliphatic heterocycles. The van der Waals surface area contributed by atoms with E-state index in [1.807, 2.05) is 30.4 Å². The van der Waals surface area contributed by atoms with Crippen molar-refractivity contribution in [2.45, 2.75) is 5.92 Å². The molecule has 0 spiro atoms. The summed E-state index contributed by atoms with van der Waals surface area (Å²) in [7, 11) is 0. The van der Waals surface area contributed by atoms with Crippen LogP contribution in [0.25, 0.3) is 0 Å². The Labute approximate surface area is 133 Å². The van der Waals surface area contributed by atoms with Gasteiger partial charge in [-0.15, -0.1) is 0 Å². The first-order chi connectivity index (χ1) is 11.1. The fraction of sp³-hybridized carbons (Fsp3) is 0.0526. The lowest BCUT2D eigenvalue weighted by atomic mass is 9.98. The number of allylic oxidation sites excluding steroid dienone is 4. The number of aromatic carboxylic acids is 1. The highest BCUT2D eigenvalue weighted by Gasteiger charge is 2.12. The second-order valence-electron chi connectivity index (χ2n) is 5.26. The van der Waals surface area contributed by atoms with Gasteiger partial charge in [-0.25, -0.2) is 4.79 Å². The van der Waals surface area contributed by atoms with Crippen molar-refractivity contribution < 1.29 is 14.7 Å². The summed E-state index contributed by atoms with van der Waals surface area (Å²) >= 11 is 0. The van der Waals surface area contributed by atoms with Crippen molar-refractivity contribution in [1.29, 1.82) is 0 Å². The zero-order valence-electron chi connectivity index (χ0n) is 12.3. The fourth-order valence-electron chi connectivity index (χ4n) is 2.47. The lowest BCUT2D eigenvalue weighted by Crippen LogP contribution is -2.12. The molecule has 0 fully saturated rings. The van der Waals surface area contributed by atoms with Gasteiger partial charge < -0.3 is 10.4 Å². The molecule has 23 heavy (non-hydrogen) atoms. The summed E-state index contributed by atoms with van der Waals surface area (Å²) in [6, 6.07) is 13.6. The molecule has 114 valence electrons. The maximum atomic E-state index is 12.4. The second-order valence-corrected chi connectivity index (χ2v) is 5.26. The standard InChI is InChI=1S/C19H15NO3/c21-18(20-17-10-4-9-16(12-17)19(22)23)15-8-3-7-14(11-15)13-5-1-2-6-13/h1-13H,(H,20,21)(H,22,23). The Balaban J connectivity index is 1.79. The topological polar surface area (TPSA) is 66.4 Å². The van der Waals surface area contributed by atoms with Crippen LogP contribution in [-0.2, 0) is 0 Å². The number of carbonyl (C=O) groups is 2. The van der Waals surface area contributed by atoms with Crippen LogP contribution in [0.2, 0.25) is 0 Å². The van der Waals surface area contributed by atoms with E-state index in [-0.39, 0.29) is 17.4 Å². The number of carboxylic acids is 1. The minimum absolute atomic E-state index is 0.137. The quantitative estimate of drug-likeness (QED) is 0.901. The van der Waals surface area contributed by atoms with Gasteiger partial charge in [0.1, 0.15) is 0 Å². The lowest BCUT2D eigenvalue weighted by Gasteiger charge is -2.10. The Morgan fingerprint density at radius 2 is 1.61 bits per heavy atom. The van der Waals surface area contributed by atoms with Gasteiger partial charge in [0.25, 0.3) is 5.91 Å². The molecule has 4 heteroatoms. The molecule has 2 aromatic rings. The highest BCUT2D eigenvalue weighted by molar-refractivity contribution is 6.05. The van der Waals surface area contributed by atoms with Crippen LogP contribution < -0.4 is 5.32 Å². The van der Waals surface area contributed by atoms with Crippen LogP contribution in [0.4, 0.5) is 5.69 Å². The minimum atomic E-state index is -1.03. The summed E-state index contributed by atoms with van der Waals surface area (Å²) in [5, 5.41) is 11.7. The Morgan fingerprint density at radius 3 is 2.35 bits per heavy atom. The van der Waals surface area contributed by atoms with Crippen LogP contribution in [0.5, 0.6) is 0 Å². The van der Waals surface area contributed by atoms with E-state index in [0.29, 0.717) is 11.3 Å². The Hall–Kier alpha value is -3.14. The van der Waals surface area contributed by atoms with Crippen LogP contribution in [0.3, 0.4) is 0 Å². The van der Waals surface area contributed by atoms with Gasteiger partial charge in [-0.2, -0.15) is 0 Å². The molecule has 2 N–H and O–H groups in total. The number of anilines is 1. The number of carboxylic acid groups (broad SMARTS) is 1. The molecule has 0 atom stereocenters. The molecule has 1 amide bonds. The normalized spacial score (nSPS) is 13.2. The molecule has 2 aromatic carbocycles. The van der Waals surface area contributed by atoms with Gasteiger partial charge in [0.2, 0.25) is 0 Å². The molecule has 0 aromatic heterocycles. The molecular formula is C19H15NO3. The average Bonchev–Trinajstić information content (AvgIpc) is 3.10. The molecule has 0 saturated carbocycles. The summed E-state index contributed by atoms with van der Waals surface area (Å²) in [6.07, 6.45) is 8.09. The summed E-state index contributed by atoms with van der Waals surface area (Å²) in [4.78, 5) is 23.3. The Morgan fingerprint density at radius 1 is 0.913 bits per heavy atom. The van der Waals surface area contributed by atoms with E-state index in [9.17, 15) is 9.59 Å². The molecule has 0 bridgehead atoms. The molecule has 0 heterocycles. The van der Waals surface area contributed by atoms with E-state index >= 15 is 0 Å². The third-order valence-corrected chi connectivity index (χ3v) is 3.65. The molecule has 4 nitrogen and oxygen atoms in total. The number of benzene rings is 2. The third-order valence-electron chi connectivity index (χ3n) is 3.65. The van der Waals surface area contributed by atoms with Crippen molar-refractivity contribution >= 4 is 17.6 Å². The smallest absolute Gasteiger partial charge is 0.335 e. The minimum Gasteiger partial charge on any atom is -0.478 e. The zero-order chi connectivity index (χ0) is 16.2. The van der Waals surface area contributed by atoms with Gasteiger partial charge in [0.05, 0.1) is 5.56 Å². The van der Waals surface area contributed by atoms with E-state index in [1.165, 1.54) is 12.1 Å². The Kier molecular flexibility index (Phi) is 4.06. The average molecular weight is 305 g/mol. The number of nitrogens with one attached hydrogen (secondary N) is 1. The van der Waals surface area contributed by atoms with E-state index in [2.05, 4.69) is 17.5 Å². The highest BCUT2D eigenvalue weighted by Crippen LogP contribution is 2.24. The fourth-order valence-corrected chi connectivity index (χ4v) is 2.47. The predicted molar refractivity (Wildman–Crippen MR) is 88.8 cm³/mol. The lowest BCUT2D eigenvalue weighted by molar-refractivity contribution is 0.0696. The SMILES string of the molecule is O=C(O)c1cccc(NC(=O)c2cccc(C3C=CC=C3)c2)c1. The van der Waals surface area contributed by atoms with Gasteiger partial charge in [-0.1, -0.05) is 42.5 Å². The number of amides is 1. The van der Waals surface area contributed by atoms with Crippen molar-refractivity contribution in [3.63, 3.8) is 0 Å². The summed E-state index contributed by atoms with van der Waals surface area (Å²) in [5.74, 6) is -1.10. The number of carbonyl (C=O) groups excluding carboxylic acids is 1.